The highest BCUT2D eigenvalue weighted by atomic mass is 32.2. The number of alkyl halides is 3. The van der Waals surface area contributed by atoms with Crippen molar-refractivity contribution in [2.75, 3.05) is 11.9 Å². The van der Waals surface area contributed by atoms with Crippen LogP contribution < -0.4 is 5.32 Å². The van der Waals surface area contributed by atoms with E-state index in [4.69, 9.17) is 0 Å². The molecule has 0 saturated heterocycles. The van der Waals surface area contributed by atoms with Gasteiger partial charge in [-0.25, -0.2) is 9.97 Å². The Labute approximate surface area is 117 Å². The Kier molecular flexibility index (Phi) is 4.17. The molecule has 0 aliphatic heterocycles. The summed E-state index contributed by atoms with van der Waals surface area (Å²) in [6.07, 6.45) is -1.31. The molecule has 0 fully saturated rings. The van der Waals surface area contributed by atoms with Crippen molar-refractivity contribution in [1.82, 2.24) is 19.7 Å². The Hall–Kier alpha value is -1.77. The van der Waals surface area contributed by atoms with Crippen LogP contribution in [0.3, 0.4) is 0 Å². The molecule has 0 aliphatic rings. The fourth-order valence-electron chi connectivity index (χ4n) is 1.45. The number of anilines is 1. The van der Waals surface area contributed by atoms with Gasteiger partial charge < -0.3 is 5.32 Å². The monoisotopic (exact) mass is 303 g/mol. The molecule has 1 N–H and O–H groups in total. The van der Waals surface area contributed by atoms with Gasteiger partial charge in [-0.15, -0.1) is 0 Å². The lowest BCUT2D eigenvalue weighted by molar-refractivity contribution is -0.145. The summed E-state index contributed by atoms with van der Waals surface area (Å²) >= 11 is 1.10. The second-order valence-electron chi connectivity index (χ2n) is 3.89. The van der Waals surface area contributed by atoms with Gasteiger partial charge in [-0.1, -0.05) is 11.8 Å². The molecule has 0 saturated carbocycles. The van der Waals surface area contributed by atoms with Crippen molar-refractivity contribution < 1.29 is 13.2 Å². The van der Waals surface area contributed by atoms with Crippen molar-refractivity contribution in [1.29, 1.82) is 0 Å². The number of hydrogen-bond donors (Lipinski definition) is 1. The van der Waals surface area contributed by atoms with E-state index < -0.39 is 12.0 Å². The standard InChI is InChI=1S/C11H12F3N5S/c1-3-15-8-4-9(18-10(17-8)11(12,13)14)20-7-5-16-19(2)6-7/h4-6H,3H2,1-2H3,(H,15,17,18). The summed E-state index contributed by atoms with van der Waals surface area (Å²) in [5.74, 6) is -0.997. The maximum absolute atomic E-state index is 12.8. The molecular formula is C11H12F3N5S. The molecule has 20 heavy (non-hydrogen) atoms. The molecule has 0 radical (unpaired) electrons. The lowest BCUT2D eigenvalue weighted by atomic mass is 10.5. The molecule has 5 nitrogen and oxygen atoms in total. The highest BCUT2D eigenvalue weighted by Gasteiger charge is 2.35. The molecule has 9 heteroatoms. The third-order valence-electron chi connectivity index (χ3n) is 2.22. The number of aromatic nitrogens is 4. The van der Waals surface area contributed by atoms with Gasteiger partial charge in [0.05, 0.1) is 11.1 Å². The van der Waals surface area contributed by atoms with Crippen LogP contribution in [0.25, 0.3) is 0 Å². The summed E-state index contributed by atoms with van der Waals surface area (Å²) < 4.78 is 39.8. The van der Waals surface area contributed by atoms with Gasteiger partial charge in [0.15, 0.2) is 0 Å². The highest BCUT2D eigenvalue weighted by molar-refractivity contribution is 7.99. The summed E-state index contributed by atoms with van der Waals surface area (Å²) in [6.45, 7) is 2.26. The fourth-order valence-corrected chi connectivity index (χ4v) is 2.30. The quantitative estimate of drug-likeness (QED) is 0.880. The minimum atomic E-state index is -4.57. The number of nitrogens with zero attached hydrogens (tertiary/aromatic N) is 4. The number of halogens is 3. The molecule has 108 valence electrons. The fraction of sp³-hybridized carbons (Fsp3) is 0.364. The maximum atomic E-state index is 12.8. The third-order valence-corrected chi connectivity index (χ3v) is 3.08. The van der Waals surface area contributed by atoms with E-state index in [9.17, 15) is 13.2 Å². The van der Waals surface area contributed by atoms with Gasteiger partial charge in [-0.3, -0.25) is 4.68 Å². The average Bonchev–Trinajstić information content (AvgIpc) is 2.74. The molecular weight excluding hydrogens is 291 g/mol. The number of rotatable bonds is 4. The van der Waals surface area contributed by atoms with Crippen molar-refractivity contribution in [2.24, 2.45) is 7.05 Å². The molecule has 2 aromatic heterocycles. The zero-order valence-electron chi connectivity index (χ0n) is 10.8. The summed E-state index contributed by atoms with van der Waals surface area (Å²) in [6, 6.07) is 1.48. The molecule has 0 bridgehead atoms. The van der Waals surface area contributed by atoms with Crippen molar-refractivity contribution >= 4 is 17.6 Å². The molecule has 0 unspecified atom stereocenters. The van der Waals surface area contributed by atoms with Crippen LogP contribution in [0.2, 0.25) is 0 Å². The second-order valence-corrected chi connectivity index (χ2v) is 4.99. The van der Waals surface area contributed by atoms with Gasteiger partial charge in [0, 0.05) is 25.9 Å². The first-order valence-corrected chi connectivity index (χ1v) is 6.57. The van der Waals surface area contributed by atoms with Gasteiger partial charge in [-0.2, -0.15) is 18.3 Å². The van der Waals surface area contributed by atoms with Crippen LogP contribution in [-0.4, -0.2) is 26.3 Å². The zero-order chi connectivity index (χ0) is 14.8. The van der Waals surface area contributed by atoms with Crippen LogP contribution in [0.4, 0.5) is 19.0 Å². The Morgan fingerprint density at radius 2 is 2.10 bits per heavy atom. The van der Waals surface area contributed by atoms with Crippen LogP contribution in [-0.2, 0) is 13.2 Å². The minimum Gasteiger partial charge on any atom is -0.370 e. The SMILES string of the molecule is CCNc1cc(Sc2cnn(C)c2)nc(C(F)(F)F)n1. The van der Waals surface area contributed by atoms with Gasteiger partial charge in [0.25, 0.3) is 0 Å². The van der Waals surface area contributed by atoms with Crippen molar-refractivity contribution in [3.63, 3.8) is 0 Å². The predicted octanol–water partition coefficient (Wildman–Crippen LogP) is 2.81. The summed E-state index contributed by atoms with van der Waals surface area (Å²) in [7, 11) is 1.73. The third kappa shape index (κ3) is 3.62. The molecule has 2 heterocycles. The topological polar surface area (TPSA) is 55.6 Å². The maximum Gasteiger partial charge on any atom is 0.451 e. The molecule has 0 aliphatic carbocycles. The van der Waals surface area contributed by atoms with Gasteiger partial charge in [0.2, 0.25) is 5.82 Å². The smallest absolute Gasteiger partial charge is 0.370 e. The Bertz CT molecular complexity index is 596. The Morgan fingerprint density at radius 1 is 1.35 bits per heavy atom. The zero-order valence-corrected chi connectivity index (χ0v) is 11.6. The van der Waals surface area contributed by atoms with E-state index in [2.05, 4.69) is 20.4 Å². The highest BCUT2D eigenvalue weighted by Crippen LogP contribution is 2.32. The number of hydrogen-bond acceptors (Lipinski definition) is 5. The van der Waals surface area contributed by atoms with Crippen LogP contribution >= 0.6 is 11.8 Å². The van der Waals surface area contributed by atoms with E-state index >= 15 is 0 Å². The largest absolute Gasteiger partial charge is 0.451 e. The molecule has 0 aromatic carbocycles. The summed E-state index contributed by atoms with van der Waals surface area (Å²) in [5.41, 5.74) is 0. The number of nitrogens with one attached hydrogen (secondary N) is 1. The molecule has 0 atom stereocenters. The van der Waals surface area contributed by atoms with Crippen molar-refractivity contribution in [3.8, 4) is 0 Å². The molecule has 2 aromatic rings. The molecule has 2 rings (SSSR count). The first-order valence-electron chi connectivity index (χ1n) is 5.75. The first kappa shape index (κ1) is 14.6. The minimum absolute atomic E-state index is 0.154. The van der Waals surface area contributed by atoms with Crippen molar-refractivity contribution in [2.45, 2.75) is 23.0 Å². The van der Waals surface area contributed by atoms with Gasteiger partial charge >= 0.3 is 6.18 Å². The number of aryl methyl sites for hydroxylation is 1. The van der Waals surface area contributed by atoms with Crippen LogP contribution in [0.15, 0.2) is 28.4 Å². The molecule has 0 spiro atoms. The van der Waals surface area contributed by atoms with Crippen LogP contribution in [0.5, 0.6) is 0 Å². The van der Waals surface area contributed by atoms with E-state index in [0.29, 0.717) is 11.4 Å². The Morgan fingerprint density at radius 3 is 2.65 bits per heavy atom. The van der Waals surface area contributed by atoms with E-state index in [1.54, 1.807) is 31.0 Å². The summed E-state index contributed by atoms with van der Waals surface area (Å²) in [5, 5.41) is 6.94. The first-order chi connectivity index (χ1) is 9.38. The lowest BCUT2D eigenvalue weighted by Crippen LogP contribution is -2.13. The van der Waals surface area contributed by atoms with Crippen LogP contribution in [0, 0.1) is 0 Å². The second kappa shape index (κ2) is 5.70. The normalized spacial score (nSPS) is 11.7. The van der Waals surface area contributed by atoms with Crippen LogP contribution in [0.1, 0.15) is 12.7 Å². The van der Waals surface area contributed by atoms with Gasteiger partial charge in [0.1, 0.15) is 10.8 Å². The molecule has 0 amide bonds. The summed E-state index contributed by atoms with van der Waals surface area (Å²) in [4.78, 5) is 7.71. The van der Waals surface area contributed by atoms with Crippen molar-refractivity contribution in [3.05, 3.63) is 24.3 Å². The van der Waals surface area contributed by atoms with Gasteiger partial charge in [-0.05, 0) is 6.92 Å². The van der Waals surface area contributed by atoms with E-state index in [1.165, 1.54) is 6.07 Å². The average molecular weight is 303 g/mol. The van der Waals surface area contributed by atoms with E-state index in [1.807, 2.05) is 0 Å². The van der Waals surface area contributed by atoms with E-state index in [-0.39, 0.29) is 10.8 Å². The Balaban J connectivity index is 2.33. The lowest BCUT2D eigenvalue weighted by Gasteiger charge is -2.10. The van der Waals surface area contributed by atoms with E-state index in [0.717, 1.165) is 11.8 Å². The predicted molar refractivity (Wildman–Crippen MR) is 68.5 cm³/mol.